The maximum absolute atomic E-state index is 12.1. The van der Waals surface area contributed by atoms with E-state index in [1.807, 2.05) is 6.92 Å². The molecule has 0 saturated carbocycles. The average molecular weight is 260 g/mol. The van der Waals surface area contributed by atoms with Gasteiger partial charge in [-0.15, -0.1) is 0 Å². The summed E-state index contributed by atoms with van der Waals surface area (Å²) in [4.78, 5) is 15.1. The van der Waals surface area contributed by atoms with Crippen LogP contribution in [0.1, 0.15) is 25.1 Å². The third kappa shape index (κ3) is 2.54. The maximum Gasteiger partial charge on any atom is 0.191 e. The van der Waals surface area contributed by atoms with E-state index in [0.29, 0.717) is 23.0 Å². The minimum absolute atomic E-state index is 0.0284. The van der Waals surface area contributed by atoms with Crippen LogP contribution in [0.5, 0.6) is 0 Å². The summed E-state index contributed by atoms with van der Waals surface area (Å²) in [5.74, 6) is 1.08. The van der Waals surface area contributed by atoms with Crippen molar-refractivity contribution in [2.75, 3.05) is 5.73 Å². The van der Waals surface area contributed by atoms with Crippen molar-refractivity contribution >= 4 is 5.82 Å². The fraction of sp³-hybridized carbons (Fsp3) is 0.429. The number of nitrogen functional groups attached to an aromatic ring is 1. The van der Waals surface area contributed by atoms with Crippen LogP contribution >= 0.6 is 0 Å². The second-order valence-electron chi connectivity index (χ2n) is 5.33. The quantitative estimate of drug-likeness (QED) is 0.884. The summed E-state index contributed by atoms with van der Waals surface area (Å²) in [5, 5.41) is 4.40. The number of aromatic amines is 1. The van der Waals surface area contributed by atoms with Crippen LogP contribution in [0, 0.1) is 12.8 Å². The molecule has 5 nitrogen and oxygen atoms in total. The van der Waals surface area contributed by atoms with Crippen LogP contribution < -0.4 is 11.2 Å². The predicted octanol–water partition coefficient (Wildman–Crippen LogP) is 1.86. The van der Waals surface area contributed by atoms with Crippen LogP contribution in [0.25, 0.3) is 11.3 Å². The third-order valence-corrected chi connectivity index (χ3v) is 3.12. The number of aromatic nitrogens is 3. The minimum Gasteiger partial charge on any atom is -0.384 e. The maximum atomic E-state index is 12.1. The molecule has 0 radical (unpaired) electrons. The Labute approximate surface area is 112 Å². The van der Waals surface area contributed by atoms with Crippen LogP contribution in [-0.4, -0.2) is 14.8 Å². The molecule has 102 valence electrons. The standard InChI is InChI=1S/C14H20N4O/c1-8(2)5-10-13(17-18(4)14(10)15)11-7-16-9(3)6-12(11)19/h6-8H,5,15H2,1-4H3,(H,16,19). The van der Waals surface area contributed by atoms with Crippen LogP contribution in [0.15, 0.2) is 17.1 Å². The van der Waals surface area contributed by atoms with Gasteiger partial charge in [-0.25, -0.2) is 0 Å². The monoisotopic (exact) mass is 260 g/mol. The van der Waals surface area contributed by atoms with Gasteiger partial charge in [0.15, 0.2) is 5.43 Å². The summed E-state index contributed by atoms with van der Waals surface area (Å²) in [6.45, 7) is 6.10. The van der Waals surface area contributed by atoms with E-state index in [1.165, 1.54) is 0 Å². The molecule has 0 aliphatic carbocycles. The summed E-state index contributed by atoms with van der Waals surface area (Å²) in [6.07, 6.45) is 2.52. The number of nitrogens with zero attached hydrogens (tertiary/aromatic N) is 2. The molecule has 3 N–H and O–H groups in total. The first-order valence-corrected chi connectivity index (χ1v) is 6.41. The Morgan fingerprint density at radius 3 is 2.74 bits per heavy atom. The second-order valence-corrected chi connectivity index (χ2v) is 5.33. The van der Waals surface area contributed by atoms with Crippen LogP contribution in [-0.2, 0) is 13.5 Å². The molecule has 19 heavy (non-hydrogen) atoms. The van der Waals surface area contributed by atoms with E-state index in [-0.39, 0.29) is 5.43 Å². The van der Waals surface area contributed by atoms with Gasteiger partial charge in [-0.05, 0) is 19.3 Å². The molecule has 2 rings (SSSR count). The van der Waals surface area contributed by atoms with E-state index in [4.69, 9.17) is 5.73 Å². The zero-order valence-electron chi connectivity index (χ0n) is 11.8. The number of hydrogen-bond donors (Lipinski definition) is 2. The Balaban J connectivity index is 2.61. The molecule has 2 heterocycles. The minimum atomic E-state index is -0.0284. The number of anilines is 1. The number of nitrogens with one attached hydrogen (secondary N) is 1. The summed E-state index contributed by atoms with van der Waals surface area (Å²) in [7, 11) is 1.80. The first-order valence-electron chi connectivity index (χ1n) is 6.41. The highest BCUT2D eigenvalue weighted by atomic mass is 16.1. The Morgan fingerprint density at radius 1 is 1.47 bits per heavy atom. The van der Waals surface area contributed by atoms with E-state index < -0.39 is 0 Å². The normalized spacial score (nSPS) is 11.2. The number of H-pyrrole nitrogens is 1. The highest BCUT2D eigenvalue weighted by molar-refractivity contribution is 5.67. The zero-order chi connectivity index (χ0) is 14.2. The summed E-state index contributed by atoms with van der Waals surface area (Å²) >= 11 is 0. The van der Waals surface area contributed by atoms with Gasteiger partial charge in [0.05, 0.1) is 5.56 Å². The molecule has 0 amide bonds. The second kappa shape index (κ2) is 4.91. The van der Waals surface area contributed by atoms with Crippen molar-refractivity contribution in [2.45, 2.75) is 27.2 Å². The van der Waals surface area contributed by atoms with Crippen LogP contribution in [0.2, 0.25) is 0 Å². The molecule has 0 aliphatic rings. The molecule has 0 saturated heterocycles. The van der Waals surface area contributed by atoms with Crippen LogP contribution in [0.3, 0.4) is 0 Å². The van der Waals surface area contributed by atoms with Gasteiger partial charge in [-0.2, -0.15) is 5.10 Å². The lowest BCUT2D eigenvalue weighted by Crippen LogP contribution is -2.07. The van der Waals surface area contributed by atoms with Gasteiger partial charge < -0.3 is 10.7 Å². The van der Waals surface area contributed by atoms with E-state index in [2.05, 4.69) is 23.9 Å². The fourth-order valence-electron chi connectivity index (χ4n) is 2.17. The lowest BCUT2D eigenvalue weighted by Gasteiger charge is -2.06. The molecule has 0 fully saturated rings. The van der Waals surface area contributed by atoms with E-state index in [1.54, 1.807) is 24.0 Å². The van der Waals surface area contributed by atoms with Gasteiger partial charge in [0, 0.05) is 30.6 Å². The van der Waals surface area contributed by atoms with Gasteiger partial charge in [0.25, 0.3) is 0 Å². The smallest absolute Gasteiger partial charge is 0.191 e. The summed E-state index contributed by atoms with van der Waals surface area (Å²) in [5.41, 5.74) is 9.08. The van der Waals surface area contributed by atoms with Gasteiger partial charge in [0.2, 0.25) is 0 Å². The molecular weight excluding hydrogens is 240 g/mol. The van der Waals surface area contributed by atoms with Gasteiger partial charge in [-0.1, -0.05) is 13.8 Å². The van der Waals surface area contributed by atoms with Crippen molar-refractivity contribution < 1.29 is 0 Å². The highest BCUT2D eigenvalue weighted by Crippen LogP contribution is 2.26. The largest absolute Gasteiger partial charge is 0.384 e. The topological polar surface area (TPSA) is 76.7 Å². The number of hydrogen-bond acceptors (Lipinski definition) is 3. The van der Waals surface area contributed by atoms with Crippen molar-refractivity contribution in [3.63, 3.8) is 0 Å². The third-order valence-electron chi connectivity index (χ3n) is 3.12. The molecule has 0 aromatic carbocycles. The van der Waals surface area contributed by atoms with Crippen molar-refractivity contribution in [3.05, 3.63) is 33.7 Å². The molecule has 2 aromatic rings. The SMILES string of the molecule is Cc1cc(=O)c(-c2nn(C)c(N)c2CC(C)C)c[nH]1. The lowest BCUT2D eigenvalue weighted by molar-refractivity contribution is 0.648. The van der Waals surface area contributed by atoms with Crippen molar-refractivity contribution in [2.24, 2.45) is 13.0 Å². The van der Waals surface area contributed by atoms with Crippen molar-refractivity contribution in [3.8, 4) is 11.3 Å². The number of pyridine rings is 1. The molecule has 0 bridgehead atoms. The Bertz CT molecular complexity index is 652. The summed E-state index contributed by atoms with van der Waals surface area (Å²) < 4.78 is 1.63. The van der Waals surface area contributed by atoms with E-state index in [9.17, 15) is 4.79 Å². The number of rotatable bonds is 3. The van der Waals surface area contributed by atoms with Crippen LogP contribution in [0.4, 0.5) is 5.82 Å². The molecule has 0 aliphatic heterocycles. The highest BCUT2D eigenvalue weighted by Gasteiger charge is 2.18. The van der Waals surface area contributed by atoms with Crippen molar-refractivity contribution in [1.29, 1.82) is 0 Å². The molecule has 0 atom stereocenters. The Kier molecular flexibility index (Phi) is 3.46. The van der Waals surface area contributed by atoms with E-state index >= 15 is 0 Å². The van der Waals surface area contributed by atoms with Gasteiger partial charge in [-0.3, -0.25) is 9.48 Å². The molecule has 2 aromatic heterocycles. The predicted molar refractivity (Wildman–Crippen MR) is 77.0 cm³/mol. The Morgan fingerprint density at radius 2 is 2.16 bits per heavy atom. The fourth-order valence-corrected chi connectivity index (χ4v) is 2.17. The lowest BCUT2D eigenvalue weighted by atomic mass is 9.99. The van der Waals surface area contributed by atoms with Crippen molar-refractivity contribution in [1.82, 2.24) is 14.8 Å². The van der Waals surface area contributed by atoms with Gasteiger partial charge >= 0.3 is 0 Å². The zero-order valence-corrected chi connectivity index (χ0v) is 11.8. The summed E-state index contributed by atoms with van der Waals surface area (Å²) in [6, 6.07) is 1.58. The average Bonchev–Trinajstić information content (AvgIpc) is 2.57. The first kappa shape index (κ1) is 13.4. The number of aryl methyl sites for hydroxylation is 2. The molecule has 0 spiro atoms. The molecular formula is C14H20N4O. The Hall–Kier alpha value is -2.04. The first-order chi connectivity index (χ1) is 8.90. The molecule has 5 heteroatoms. The van der Waals surface area contributed by atoms with E-state index in [0.717, 1.165) is 17.7 Å². The number of nitrogens with two attached hydrogens (primary N) is 1. The van der Waals surface area contributed by atoms with Gasteiger partial charge in [0.1, 0.15) is 11.5 Å². The molecule has 0 unspecified atom stereocenters.